The molecular formula is C22H16BFN2S. The minimum absolute atomic E-state index is 0.269. The van der Waals surface area contributed by atoms with E-state index in [9.17, 15) is 4.39 Å². The van der Waals surface area contributed by atoms with Crippen molar-refractivity contribution in [2.24, 2.45) is 0 Å². The molecule has 4 rings (SSSR count). The Morgan fingerprint density at radius 3 is 2.44 bits per heavy atom. The molecule has 0 bridgehead atoms. The molecule has 2 nitrogen and oxygen atoms in total. The molecule has 2 radical (unpaired) electrons. The Kier molecular flexibility index (Phi) is 5.12. The van der Waals surface area contributed by atoms with Crippen LogP contribution in [0.3, 0.4) is 0 Å². The fourth-order valence-electron chi connectivity index (χ4n) is 2.79. The van der Waals surface area contributed by atoms with E-state index >= 15 is 0 Å². The lowest BCUT2D eigenvalue weighted by molar-refractivity contribution is 0.626. The Balaban J connectivity index is 1.71. The standard InChI is InChI=1S/C22H16BFN2S/c23-18-11-9-17(10-12-18)21-14-26(20-8-4-7-19(24)13-20)22(25-21)27-15-16-5-2-1-3-6-16/h1-14H,15H2. The van der Waals surface area contributed by atoms with Gasteiger partial charge in [-0.3, -0.25) is 4.57 Å². The Labute approximate surface area is 163 Å². The van der Waals surface area contributed by atoms with E-state index in [0.29, 0.717) is 5.46 Å². The quantitative estimate of drug-likeness (QED) is 0.372. The number of benzene rings is 3. The molecule has 0 amide bonds. The third-order valence-electron chi connectivity index (χ3n) is 4.18. The summed E-state index contributed by atoms with van der Waals surface area (Å²) in [6, 6.07) is 24.4. The van der Waals surface area contributed by atoms with Crippen molar-refractivity contribution in [3.63, 3.8) is 0 Å². The van der Waals surface area contributed by atoms with Crippen molar-refractivity contribution in [3.05, 3.63) is 96.4 Å². The number of thioether (sulfide) groups is 1. The number of hydrogen-bond donors (Lipinski definition) is 0. The van der Waals surface area contributed by atoms with Crippen LogP contribution in [-0.4, -0.2) is 17.4 Å². The van der Waals surface area contributed by atoms with Crippen molar-refractivity contribution < 1.29 is 4.39 Å². The predicted octanol–water partition coefficient (Wildman–Crippen LogP) is 4.76. The summed E-state index contributed by atoms with van der Waals surface area (Å²) in [5.74, 6) is 0.517. The minimum Gasteiger partial charge on any atom is -0.294 e. The first-order chi connectivity index (χ1) is 13.2. The van der Waals surface area contributed by atoms with Gasteiger partial charge >= 0.3 is 0 Å². The topological polar surface area (TPSA) is 17.8 Å². The van der Waals surface area contributed by atoms with Crippen LogP contribution in [0.1, 0.15) is 5.56 Å². The van der Waals surface area contributed by atoms with E-state index in [-0.39, 0.29) is 5.82 Å². The van der Waals surface area contributed by atoms with Gasteiger partial charge in [-0.2, -0.15) is 0 Å². The van der Waals surface area contributed by atoms with Crippen molar-refractivity contribution in [1.82, 2.24) is 9.55 Å². The molecule has 0 aliphatic rings. The molecule has 5 heteroatoms. The summed E-state index contributed by atoms with van der Waals surface area (Å²) in [4.78, 5) is 4.79. The summed E-state index contributed by atoms with van der Waals surface area (Å²) in [6.07, 6.45) is 1.94. The molecule has 4 aromatic rings. The number of nitrogens with zero attached hydrogens (tertiary/aromatic N) is 2. The molecule has 0 atom stereocenters. The molecule has 0 aliphatic heterocycles. The summed E-state index contributed by atoms with van der Waals surface area (Å²) < 4.78 is 15.7. The predicted molar refractivity (Wildman–Crippen MR) is 110 cm³/mol. The van der Waals surface area contributed by atoms with Gasteiger partial charge in [0.1, 0.15) is 13.7 Å². The summed E-state index contributed by atoms with van der Waals surface area (Å²) in [5.41, 5.74) is 4.47. The second-order valence-corrected chi connectivity index (χ2v) is 7.10. The Hall–Kier alpha value is -2.79. The highest BCUT2D eigenvalue weighted by atomic mass is 32.2. The Morgan fingerprint density at radius 1 is 0.926 bits per heavy atom. The van der Waals surface area contributed by atoms with Crippen molar-refractivity contribution in [2.45, 2.75) is 10.9 Å². The molecule has 0 aliphatic carbocycles. The van der Waals surface area contributed by atoms with E-state index in [1.165, 1.54) is 17.7 Å². The molecule has 1 aromatic heterocycles. The molecular weight excluding hydrogens is 354 g/mol. The SMILES string of the molecule is [B]c1ccc(-c2cn(-c3cccc(F)c3)c(SCc3ccccc3)n2)cc1. The maximum Gasteiger partial charge on any atom is 0.173 e. The van der Waals surface area contributed by atoms with Crippen LogP contribution < -0.4 is 5.46 Å². The average Bonchev–Trinajstić information content (AvgIpc) is 3.12. The van der Waals surface area contributed by atoms with Crippen molar-refractivity contribution in [1.29, 1.82) is 0 Å². The zero-order valence-corrected chi connectivity index (χ0v) is 15.4. The van der Waals surface area contributed by atoms with Gasteiger partial charge in [0, 0.05) is 17.5 Å². The lowest BCUT2D eigenvalue weighted by Gasteiger charge is -2.07. The Bertz CT molecular complexity index is 1050. The van der Waals surface area contributed by atoms with Crippen molar-refractivity contribution >= 4 is 25.1 Å². The van der Waals surface area contributed by atoms with Crippen molar-refractivity contribution in [3.8, 4) is 16.9 Å². The van der Waals surface area contributed by atoms with Gasteiger partial charge < -0.3 is 0 Å². The van der Waals surface area contributed by atoms with Crippen LogP contribution in [0.4, 0.5) is 4.39 Å². The van der Waals surface area contributed by atoms with Crippen LogP contribution in [-0.2, 0) is 5.75 Å². The van der Waals surface area contributed by atoms with Gasteiger partial charge in [-0.1, -0.05) is 77.9 Å². The first-order valence-electron chi connectivity index (χ1n) is 8.57. The van der Waals surface area contributed by atoms with Crippen LogP contribution in [0.25, 0.3) is 16.9 Å². The zero-order chi connectivity index (χ0) is 18.6. The van der Waals surface area contributed by atoms with Crippen molar-refractivity contribution in [2.75, 3.05) is 0 Å². The zero-order valence-electron chi connectivity index (χ0n) is 14.5. The van der Waals surface area contributed by atoms with Crippen LogP contribution >= 0.6 is 11.8 Å². The van der Waals surface area contributed by atoms with Gasteiger partial charge in [-0.05, 0) is 23.8 Å². The molecule has 0 N–H and O–H groups in total. The molecule has 0 saturated carbocycles. The van der Waals surface area contributed by atoms with Gasteiger partial charge in [0.2, 0.25) is 0 Å². The first kappa shape index (κ1) is 17.6. The molecule has 1 heterocycles. The third-order valence-corrected chi connectivity index (χ3v) is 5.20. The number of imidazole rings is 1. The highest BCUT2D eigenvalue weighted by molar-refractivity contribution is 7.98. The first-order valence-corrected chi connectivity index (χ1v) is 9.55. The summed E-state index contributed by atoms with van der Waals surface area (Å²) in [6.45, 7) is 0. The van der Waals surface area contributed by atoms with Gasteiger partial charge in [-0.15, -0.1) is 0 Å². The number of halogens is 1. The van der Waals surface area contributed by atoms with E-state index in [0.717, 1.165) is 27.9 Å². The van der Waals surface area contributed by atoms with Gasteiger partial charge in [0.25, 0.3) is 0 Å². The third kappa shape index (κ3) is 4.14. The summed E-state index contributed by atoms with van der Waals surface area (Å²) >= 11 is 1.62. The normalized spacial score (nSPS) is 10.9. The highest BCUT2D eigenvalue weighted by Crippen LogP contribution is 2.29. The number of rotatable bonds is 5. The molecule has 0 saturated heterocycles. The van der Waals surface area contributed by atoms with Gasteiger partial charge in [-0.25, -0.2) is 9.37 Å². The number of aromatic nitrogens is 2. The van der Waals surface area contributed by atoms with E-state index in [2.05, 4.69) is 12.1 Å². The van der Waals surface area contributed by atoms with Crippen LogP contribution in [0.2, 0.25) is 0 Å². The van der Waals surface area contributed by atoms with Crippen LogP contribution in [0, 0.1) is 5.82 Å². The lowest BCUT2D eigenvalue weighted by atomic mass is 9.95. The smallest absolute Gasteiger partial charge is 0.173 e. The maximum atomic E-state index is 13.8. The molecule has 27 heavy (non-hydrogen) atoms. The highest BCUT2D eigenvalue weighted by Gasteiger charge is 2.12. The van der Waals surface area contributed by atoms with E-state index in [1.54, 1.807) is 17.8 Å². The fraction of sp³-hybridized carbons (Fsp3) is 0.0455. The van der Waals surface area contributed by atoms with Gasteiger partial charge in [0.15, 0.2) is 5.16 Å². The molecule has 130 valence electrons. The Morgan fingerprint density at radius 2 is 1.70 bits per heavy atom. The molecule has 0 unspecified atom stereocenters. The molecule has 3 aromatic carbocycles. The van der Waals surface area contributed by atoms with E-state index in [1.807, 2.05) is 59.3 Å². The fourth-order valence-corrected chi connectivity index (χ4v) is 3.74. The molecule has 0 fully saturated rings. The minimum atomic E-state index is -0.269. The van der Waals surface area contributed by atoms with Crippen LogP contribution in [0.15, 0.2) is 90.2 Å². The summed E-state index contributed by atoms with van der Waals surface area (Å²) in [7, 11) is 5.79. The average molecular weight is 370 g/mol. The largest absolute Gasteiger partial charge is 0.294 e. The van der Waals surface area contributed by atoms with E-state index in [4.69, 9.17) is 12.8 Å². The maximum absolute atomic E-state index is 13.8. The second-order valence-electron chi connectivity index (χ2n) is 6.15. The second kappa shape index (κ2) is 7.84. The lowest BCUT2D eigenvalue weighted by Crippen LogP contribution is -1.99. The summed E-state index contributed by atoms with van der Waals surface area (Å²) in [5, 5.41) is 0.816. The number of hydrogen-bond acceptors (Lipinski definition) is 2. The van der Waals surface area contributed by atoms with Crippen LogP contribution in [0.5, 0.6) is 0 Å². The monoisotopic (exact) mass is 370 g/mol. The van der Waals surface area contributed by atoms with Gasteiger partial charge in [0.05, 0.1) is 11.4 Å². The van der Waals surface area contributed by atoms with E-state index < -0.39 is 0 Å². The molecule has 0 spiro atoms.